The number of thiazole rings is 2. The molecule has 128 valence electrons. The maximum Gasteiger partial charge on any atom is 0.410 e. The summed E-state index contributed by atoms with van der Waals surface area (Å²) in [5.41, 5.74) is -0.452. The maximum atomic E-state index is 12.1. The lowest BCUT2D eigenvalue weighted by Gasteiger charge is -2.37. The number of amides is 1. The van der Waals surface area contributed by atoms with E-state index in [0.717, 1.165) is 27.6 Å². The molecule has 1 aliphatic heterocycles. The van der Waals surface area contributed by atoms with Gasteiger partial charge in [-0.3, -0.25) is 0 Å². The second kappa shape index (κ2) is 6.52. The van der Waals surface area contributed by atoms with Gasteiger partial charge in [-0.15, -0.1) is 11.3 Å². The van der Waals surface area contributed by atoms with Gasteiger partial charge in [-0.1, -0.05) is 11.3 Å². The highest BCUT2D eigenvalue weighted by Crippen LogP contribution is 2.31. The van der Waals surface area contributed by atoms with Crippen LogP contribution in [0.25, 0.3) is 9.66 Å². The first kappa shape index (κ1) is 17.5. The summed E-state index contributed by atoms with van der Waals surface area (Å²) < 4.78 is 5.44. The fourth-order valence-electron chi connectivity index (χ4n) is 2.72. The molecular weight excluding hydrogens is 343 g/mol. The Morgan fingerprint density at radius 2 is 1.88 bits per heavy atom. The highest BCUT2D eigenvalue weighted by molar-refractivity contribution is 7.31. The van der Waals surface area contributed by atoms with Gasteiger partial charge in [0, 0.05) is 31.1 Å². The minimum absolute atomic E-state index is 0.224. The molecule has 0 saturated carbocycles. The monoisotopic (exact) mass is 364 g/mol. The zero-order valence-corrected chi connectivity index (χ0v) is 16.0. The van der Waals surface area contributed by atoms with Gasteiger partial charge < -0.3 is 14.5 Å². The minimum atomic E-state index is -0.452. The first-order chi connectivity index (χ1) is 11.2. The van der Waals surface area contributed by atoms with E-state index in [1.807, 2.05) is 20.8 Å². The lowest BCUT2D eigenvalue weighted by molar-refractivity contribution is 0.0205. The number of anilines is 1. The minimum Gasteiger partial charge on any atom is -0.444 e. The Balaban J connectivity index is 1.59. The highest BCUT2D eigenvalue weighted by atomic mass is 32.1. The van der Waals surface area contributed by atoms with Crippen LogP contribution in [-0.4, -0.2) is 60.6 Å². The second-order valence-corrected chi connectivity index (χ2v) is 8.93. The Hall–Kier alpha value is -1.35. The Morgan fingerprint density at radius 3 is 2.46 bits per heavy atom. The number of hydrogen-bond acceptors (Lipinski definition) is 7. The number of carbonyl (C=O) groups is 1. The smallest absolute Gasteiger partial charge is 0.410 e. The molecule has 0 bridgehead atoms. The predicted molar refractivity (Wildman–Crippen MR) is 99.9 cm³/mol. The Bertz CT molecular complexity index is 700. The van der Waals surface area contributed by atoms with Crippen molar-refractivity contribution in [3.63, 3.8) is 0 Å². The highest BCUT2D eigenvalue weighted by Gasteiger charge is 2.29. The molecule has 2 aromatic heterocycles. The summed E-state index contributed by atoms with van der Waals surface area (Å²) in [7, 11) is 7.76. The van der Waals surface area contributed by atoms with Crippen LogP contribution >= 0.6 is 22.7 Å². The van der Waals surface area contributed by atoms with Crippen molar-refractivity contribution in [2.45, 2.75) is 45.3 Å². The Labute approximate surface area is 151 Å². The SMILES string of the molecule is [B]c1nc2sc(N(C)C3CCN(C(=O)OC(C)(C)C)CC3)nc2s1. The Morgan fingerprint density at radius 1 is 1.25 bits per heavy atom. The standard InChI is InChI=1S/C15H21BN4O2S2/c1-15(2,3)22-14(21)20-7-5-9(6-8-20)19(4)13-18-11-10(24-13)17-12(16)23-11/h9H,5-8H2,1-4H3. The summed E-state index contributed by atoms with van der Waals surface area (Å²) in [6.07, 6.45) is 1.58. The molecule has 6 nitrogen and oxygen atoms in total. The number of piperidine rings is 1. The van der Waals surface area contributed by atoms with Crippen LogP contribution in [0, 0.1) is 0 Å². The first-order valence-electron chi connectivity index (χ1n) is 7.96. The Kier molecular flexibility index (Phi) is 4.74. The van der Waals surface area contributed by atoms with Crippen molar-refractivity contribution in [1.29, 1.82) is 0 Å². The molecule has 3 heterocycles. The van der Waals surface area contributed by atoms with Crippen LogP contribution in [0.3, 0.4) is 0 Å². The lowest BCUT2D eigenvalue weighted by atomic mass is 10.0. The van der Waals surface area contributed by atoms with Crippen LogP contribution in [0.1, 0.15) is 33.6 Å². The third kappa shape index (κ3) is 3.83. The van der Waals surface area contributed by atoms with Crippen molar-refractivity contribution in [2.75, 3.05) is 25.0 Å². The van der Waals surface area contributed by atoms with Gasteiger partial charge in [0.15, 0.2) is 22.6 Å². The molecule has 0 atom stereocenters. The molecule has 9 heteroatoms. The van der Waals surface area contributed by atoms with E-state index >= 15 is 0 Å². The molecule has 1 fully saturated rings. The predicted octanol–water partition coefficient (Wildman–Crippen LogP) is 2.38. The summed E-state index contributed by atoms with van der Waals surface area (Å²) in [5.74, 6) is 0. The van der Waals surface area contributed by atoms with Crippen molar-refractivity contribution in [1.82, 2.24) is 14.9 Å². The number of likely N-dealkylation sites (tertiary alicyclic amines) is 1. The van der Waals surface area contributed by atoms with E-state index < -0.39 is 5.60 Å². The zero-order valence-electron chi connectivity index (χ0n) is 14.4. The van der Waals surface area contributed by atoms with Gasteiger partial charge in [-0.25, -0.2) is 14.8 Å². The van der Waals surface area contributed by atoms with Gasteiger partial charge in [0.05, 0.1) is 0 Å². The summed E-state index contributed by atoms with van der Waals surface area (Å²) in [6.45, 7) is 7.07. The van der Waals surface area contributed by atoms with E-state index in [2.05, 4.69) is 21.9 Å². The third-order valence-electron chi connectivity index (χ3n) is 3.95. The molecule has 2 radical (unpaired) electrons. The van der Waals surface area contributed by atoms with Crippen LogP contribution in [0.4, 0.5) is 9.93 Å². The molecule has 0 aromatic carbocycles. The van der Waals surface area contributed by atoms with Gasteiger partial charge in [0.1, 0.15) is 5.60 Å². The molecule has 1 aliphatic rings. The van der Waals surface area contributed by atoms with Crippen molar-refractivity contribution in [3.05, 3.63) is 0 Å². The van der Waals surface area contributed by atoms with Crippen LogP contribution < -0.4 is 9.81 Å². The normalized spacial score (nSPS) is 16.6. The second-order valence-electron chi connectivity index (χ2n) is 6.97. The fraction of sp³-hybridized carbons (Fsp3) is 0.667. The largest absolute Gasteiger partial charge is 0.444 e. The summed E-state index contributed by atoms with van der Waals surface area (Å²) in [6, 6.07) is 0.362. The molecule has 0 aliphatic carbocycles. The zero-order chi connectivity index (χ0) is 17.5. The maximum absolute atomic E-state index is 12.1. The molecule has 24 heavy (non-hydrogen) atoms. The molecule has 2 aromatic rings. The van der Waals surface area contributed by atoms with Crippen molar-refractivity contribution < 1.29 is 9.53 Å². The van der Waals surface area contributed by atoms with Gasteiger partial charge in [0.2, 0.25) is 0 Å². The summed E-state index contributed by atoms with van der Waals surface area (Å²) >= 11 is 2.98. The van der Waals surface area contributed by atoms with Crippen molar-refractivity contribution >= 4 is 56.3 Å². The average Bonchev–Trinajstić information content (AvgIpc) is 3.02. The molecule has 0 spiro atoms. The van der Waals surface area contributed by atoms with E-state index in [-0.39, 0.29) is 6.09 Å². The number of carbonyl (C=O) groups excluding carboxylic acids is 1. The van der Waals surface area contributed by atoms with E-state index in [4.69, 9.17) is 12.6 Å². The van der Waals surface area contributed by atoms with Crippen LogP contribution in [-0.2, 0) is 4.74 Å². The van der Waals surface area contributed by atoms with Gasteiger partial charge in [-0.05, 0) is 33.6 Å². The molecule has 1 saturated heterocycles. The van der Waals surface area contributed by atoms with E-state index in [0.29, 0.717) is 24.0 Å². The van der Waals surface area contributed by atoms with Crippen molar-refractivity contribution in [3.8, 4) is 0 Å². The molecule has 3 rings (SSSR count). The van der Waals surface area contributed by atoms with Gasteiger partial charge in [0.25, 0.3) is 0 Å². The van der Waals surface area contributed by atoms with Crippen LogP contribution in [0.5, 0.6) is 0 Å². The van der Waals surface area contributed by atoms with Gasteiger partial charge in [-0.2, -0.15) is 0 Å². The topological polar surface area (TPSA) is 58.6 Å². The average molecular weight is 364 g/mol. The first-order valence-corrected chi connectivity index (χ1v) is 9.60. The van der Waals surface area contributed by atoms with E-state index in [9.17, 15) is 4.79 Å². The number of rotatable bonds is 2. The molecular formula is C15H21BN4O2S2. The van der Waals surface area contributed by atoms with Crippen LogP contribution in [0.15, 0.2) is 0 Å². The summed E-state index contributed by atoms with van der Waals surface area (Å²) in [4.78, 5) is 27.4. The molecule has 0 unspecified atom stereocenters. The molecule has 0 N–H and O–H groups in total. The number of ether oxygens (including phenoxy) is 1. The fourth-order valence-corrected chi connectivity index (χ4v) is 4.56. The van der Waals surface area contributed by atoms with E-state index in [1.165, 1.54) is 11.3 Å². The van der Waals surface area contributed by atoms with Gasteiger partial charge >= 0.3 is 6.09 Å². The number of fused-ring (bicyclic) bond motifs is 1. The van der Waals surface area contributed by atoms with Crippen LogP contribution in [0.2, 0.25) is 0 Å². The van der Waals surface area contributed by atoms with E-state index in [1.54, 1.807) is 16.2 Å². The number of nitrogens with zero attached hydrogens (tertiary/aromatic N) is 4. The number of hydrogen-bond donors (Lipinski definition) is 0. The summed E-state index contributed by atoms with van der Waals surface area (Å²) in [5, 5.41) is 0.958. The lowest BCUT2D eigenvalue weighted by Crippen LogP contribution is -2.47. The quantitative estimate of drug-likeness (QED) is 0.766. The molecule has 1 amide bonds. The third-order valence-corrected chi connectivity index (χ3v) is 5.89. The van der Waals surface area contributed by atoms with Crippen molar-refractivity contribution in [2.24, 2.45) is 0 Å². The number of aromatic nitrogens is 2.